The summed E-state index contributed by atoms with van der Waals surface area (Å²) in [4.78, 5) is 29.3. The van der Waals surface area contributed by atoms with Crippen molar-refractivity contribution in [1.29, 1.82) is 0 Å². The van der Waals surface area contributed by atoms with E-state index in [4.69, 9.17) is 4.42 Å². The maximum atomic E-state index is 13.3. The Morgan fingerprint density at radius 2 is 1.77 bits per heavy atom. The van der Waals surface area contributed by atoms with Crippen LogP contribution in [0.15, 0.2) is 65.4 Å². The number of halogens is 3. The van der Waals surface area contributed by atoms with Gasteiger partial charge in [-0.25, -0.2) is 4.79 Å². The summed E-state index contributed by atoms with van der Waals surface area (Å²) in [6, 6.07) is 11.0. The predicted octanol–water partition coefficient (Wildman–Crippen LogP) is 5.50. The average molecular weight is 491 g/mol. The molecule has 0 aliphatic carbocycles. The van der Waals surface area contributed by atoms with Gasteiger partial charge in [0.1, 0.15) is 12.3 Å². The minimum absolute atomic E-state index is 0.183. The normalized spacial score (nSPS) is 11.3. The van der Waals surface area contributed by atoms with Gasteiger partial charge >= 0.3 is 12.2 Å². The van der Waals surface area contributed by atoms with Crippen molar-refractivity contribution in [1.82, 2.24) is 14.4 Å². The maximum absolute atomic E-state index is 13.3. The molecule has 1 N–H and O–H groups in total. The van der Waals surface area contributed by atoms with Crippen LogP contribution < -0.4 is 5.32 Å². The van der Waals surface area contributed by atoms with Crippen LogP contribution in [0, 0.1) is 0 Å². The molecular formula is C25H29F3N4O3. The number of carbonyl (C=O) groups is 2. The molecule has 2 aromatic heterocycles. The molecule has 0 aliphatic rings. The molecule has 0 spiro atoms. The first-order valence-corrected chi connectivity index (χ1v) is 11.3. The number of urea groups is 1. The lowest BCUT2D eigenvalue weighted by atomic mass is 10.2. The minimum atomic E-state index is -4.46. The SMILES string of the molecule is CCCCN(CC(=O)N(Cc1ccco1)Cc1cccn1C)C(=O)Nc1ccc(C(F)(F)F)cc1. The highest BCUT2D eigenvalue weighted by molar-refractivity contribution is 5.92. The molecule has 10 heteroatoms. The molecule has 2 heterocycles. The standard InChI is InChI=1S/C25H29F3N4O3/c1-3-4-14-31(24(34)29-20-11-9-19(10-12-20)25(26,27)28)18-23(33)32(17-22-8-6-15-35-22)16-21-7-5-13-30(21)2/h5-13,15H,3-4,14,16-18H2,1-2H3,(H,29,34). The first-order chi connectivity index (χ1) is 16.7. The molecular weight excluding hydrogens is 461 g/mol. The van der Waals surface area contributed by atoms with E-state index in [1.54, 1.807) is 17.0 Å². The molecule has 0 aliphatic heterocycles. The lowest BCUT2D eigenvalue weighted by Crippen LogP contribution is -2.44. The zero-order valence-corrected chi connectivity index (χ0v) is 19.7. The first kappa shape index (κ1) is 25.9. The summed E-state index contributed by atoms with van der Waals surface area (Å²) < 4.78 is 45.8. The topological polar surface area (TPSA) is 70.7 Å². The van der Waals surface area contributed by atoms with E-state index >= 15 is 0 Å². The highest BCUT2D eigenvalue weighted by Gasteiger charge is 2.30. The lowest BCUT2D eigenvalue weighted by Gasteiger charge is -2.27. The van der Waals surface area contributed by atoms with Gasteiger partial charge in [0.25, 0.3) is 0 Å². The number of nitrogens with one attached hydrogen (secondary N) is 1. The average Bonchev–Trinajstić information content (AvgIpc) is 3.47. The number of benzene rings is 1. The minimum Gasteiger partial charge on any atom is -0.467 e. The molecule has 3 rings (SSSR count). The molecule has 0 saturated carbocycles. The van der Waals surface area contributed by atoms with Crippen LogP contribution in [0.1, 0.15) is 36.8 Å². The third-order valence-electron chi connectivity index (χ3n) is 5.54. The van der Waals surface area contributed by atoms with E-state index in [1.807, 2.05) is 36.9 Å². The molecule has 0 bridgehead atoms. The van der Waals surface area contributed by atoms with Crippen molar-refractivity contribution in [2.45, 2.75) is 39.0 Å². The molecule has 188 valence electrons. The van der Waals surface area contributed by atoms with Gasteiger partial charge in [-0.1, -0.05) is 13.3 Å². The van der Waals surface area contributed by atoms with Crippen molar-refractivity contribution in [2.75, 3.05) is 18.4 Å². The highest BCUT2D eigenvalue weighted by atomic mass is 19.4. The van der Waals surface area contributed by atoms with Crippen LogP contribution in [-0.4, -0.2) is 39.4 Å². The number of alkyl halides is 3. The van der Waals surface area contributed by atoms with Crippen molar-refractivity contribution in [2.24, 2.45) is 7.05 Å². The number of hydrogen-bond donors (Lipinski definition) is 1. The van der Waals surface area contributed by atoms with Crippen molar-refractivity contribution in [3.05, 3.63) is 78.0 Å². The summed E-state index contributed by atoms with van der Waals surface area (Å²) in [5.41, 5.74) is 0.329. The fraction of sp³-hybridized carbons (Fsp3) is 0.360. The molecule has 35 heavy (non-hydrogen) atoms. The fourth-order valence-electron chi connectivity index (χ4n) is 3.49. The lowest BCUT2D eigenvalue weighted by molar-refractivity contribution is -0.137. The molecule has 3 amide bonds. The van der Waals surface area contributed by atoms with E-state index in [-0.39, 0.29) is 24.7 Å². The molecule has 3 aromatic rings. The van der Waals surface area contributed by atoms with Crippen molar-refractivity contribution in [3.8, 4) is 0 Å². The smallest absolute Gasteiger partial charge is 0.416 e. The Kier molecular flexibility index (Phi) is 8.62. The second kappa shape index (κ2) is 11.6. The zero-order valence-electron chi connectivity index (χ0n) is 19.7. The van der Waals surface area contributed by atoms with E-state index in [9.17, 15) is 22.8 Å². The van der Waals surface area contributed by atoms with E-state index in [0.29, 0.717) is 25.3 Å². The van der Waals surface area contributed by atoms with E-state index in [2.05, 4.69) is 5.32 Å². The van der Waals surface area contributed by atoms with Crippen LogP contribution in [0.5, 0.6) is 0 Å². The number of rotatable bonds is 10. The molecule has 7 nitrogen and oxygen atoms in total. The third kappa shape index (κ3) is 7.40. The summed E-state index contributed by atoms with van der Waals surface area (Å²) in [5, 5.41) is 2.60. The molecule has 0 atom stereocenters. The highest BCUT2D eigenvalue weighted by Crippen LogP contribution is 2.29. The Labute approximate surface area is 202 Å². The van der Waals surface area contributed by atoms with Gasteiger partial charge in [-0.2, -0.15) is 13.2 Å². The largest absolute Gasteiger partial charge is 0.467 e. The summed E-state index contributed by atoms with van der Waals surface area (Å²) in [7, 11) is 1.88. The molecule has 0 unspecified atom stereocenters. The number of amides is 3. The first-order valence-electron chi connectivity index (χ1n) is 11.3. The Hall–Kier alpha value is -3.69. The molecule has 0 fully saturated rings. The number of unbranched alkanes of at least 4 members (excludes halogenated alkanes) is 1. The number of carbonyl (C=O) groups excluding carboxylic acids is 2. The number of furan rings is 1. The van der Waals surface area contributed by atoms with Gasteiger partial charge in [0, 0.05) is 31.2 Å². The molecule has 1 aromatic carbocycles. The van der Waals surface area contributed by atoms with Crippen molar-refractivity contribution in [3.63, 3.8) is 0 Å². The molecule has 0 radical (unpaired) electrons. The number of aryl methyl sites for hydroxylation is 1. The van der Waals surface area contributed by atoms with Gasteiger partial charge in [0.15, 0.2) is 0 Å². The molecule has 0 saturated heterocycles. The second-order valence-corrected chi connectivity index (χ2v) is 8.22. The zero-order chi connectivity index (χ0) is 25.4. The van der Waals surface area contributed by atoms with Crippen LogP contribution in [-0.2, 0) is 31.1 Å². The summed E-state index contributed by atoms with van der Waals surface area (Å²) in [5.74, 6) is 0.336. The van der Waals surface area contributed by atoms with Crippen LogP contribution in [0.2, 0.25) is 0 Å². The summed E-state index contributed by atoms with van der Waals surface area (Å²) in [6.07, 6.45) is 0.431. The van der Waals surface area contributed by atoms with Crippen LogP contribution >= 0.6 is 0 Å². The van der Waals surface area contributed by atoms with E-state index in [0.717, 1.165) is 24.2 Å². The van der Waals surface area contributed by atoms with Gasteiger partial charge in [0.05, 0.1) is 24.9 Å². The van der Waals surface area contributed by atoms with Gasteiger partial charge in [0.2, 0.25) is 5.91 Å². The summed E-state index contributed by atoms with van der Waals surface area (Å²) in [6.45, 7) is 2.67. The van der Waals surface area contributed by atoms with Crippen LogP contribution in [0.4, 0.5) is 23.7 Å². The van der Waals surface area contributed by atoms with Gasteiger partial charge in [-0.3, -0.25) is 4.79 Å². The van der Waals surface area contributed by atoms with Crippen LogP contribution in [0.3, 0.4) is 0 Å². The Morgan fingerprint density at radius 1 is 1.03 bits per heavy atom. The number of aromatic nitrogens is 1. The quantitative estimate of drug-likeness (QED) is 0.408. The Bertz CT molecular complexity index is 1090. The van der Waals surface area contributed by atoms with Crippen LogP contribution in [0.25, 0.3) is 0 Å². The Morgan fingerprint density at radius 3 is 2.34 bits per heavy atom. The van der Waals surface area contributed by atoms with E-state index < -0.39 is 17.8 Å². The number of nitrogens with zero attached hydrogens (tertiary/aromatic N) is 3. The van der Waals surface area contributed by atoms with E-state index in [1.165, 1.54) is 23.3 Å². The summed E-state index contributed by atoms with van der Waals surface area (Å²) >= 11 is 0. The van der Waals surface area contributed by atoms with Crippen molar-refractivity contribution >= 4 is 17.6 Å². The van der Waals surface area contributed by atoms with Crippen molar-refractivity contribution < 1.29 is 27.2 Å². The van der Waals surface area contributed by atoms with Gasteiger partial charge in [-0.15, -0.1) is 0 Å². The van der Waals surface area contributed by atoms with Gasteiger partial charge in [-0.05, 0) is 55.0 Å². The number of anilines is 1. The fourth-order valence-corrected chi connectivity index (χ4v) is 3.49. The Balaban J connectivity index is 1.73. The predicted molar refractivity (Wildman–Crippen MR) is 125 cm³/mol. The number of hydrogen-bond acceptors (Lipinski definition) is 3. The monoisotopic (exact) mass is 490 g/mol. The third-order valence-corrected chi connectivity index (χ3v) is 5.54. The second-order valence-electron chi connectivity index (χ2n) is 8.22. The maximum Gasteiger partial charge on any atom is 0.416 e. The van der Waals surface area contributed by atoms with Gasteiger partial charge < -0.3 is 24.1 Å².